The molecule has 0 heterocycles. The van der Waals surface area contributed by atoms with Gasteiger partial charge in [0, 0.05) is 0 Å². The third-order valence-corrected chi connectivity index (χ3v) is 1.15. The molecule has 0 saturated heterocycles. The van der Waals surface area contributed by atoms with Gasteiger partial charge in [-0.3, -0.25) is 0 Å². The summed E-state index contributed by atoms with van der Waals surface area (Å²) in [5, 5.41) is 17.2. The van der Waals surface area contributed by atoms with Gasteiger partial charge >= 0.3 is 0 Å². The van der Waals surface area contributed by atoms with E-state index in [1.54, 1.807) is 13.0 Å². The van der Waals surface area contributed by atoms with E-state index in [0.29, 0.717) is 0 Å². The summed E-state index contributed by atoms with van der Waals surface area (Å²) in [5.74, 6) is 0. The number of rotatable bonds is 2. The van der Waals surface area contributed by atoms with Crippen LogP contribution in [0.5, 0.6) is 0 Å². The van der Waals surface area contributed by atoms with Gasteiger partial charge < -0.3 is 10.2 Å². The van der Waals surface area contributed by atoms with Crippen molar-refractivity contribution in [3.05, 3.63) is 11.6 Å². The average molecular weight is 116 g/mol. The van der Waals surface area contributed by atoms with E-state index < -0.39 is 6.10 Å². The van der Waals surface area contributed by atoms with Gasteiger partial charge in [0.1, 0.15) is 0 Å². The molecule has 2 N–H and O–H groups in total. The first kappa shape index (κ1) is 7.66. The molecular weight excluding hydrogens is 104 g/mol. The Bertz CT molecular complexity index is 86.5. The molecule has 0 bridgehead atoms. The van der Waals surface area contributed by atoms with Crippen molar-refractivity contribution in [3.8, 4) is 0 Å². The summed E-state index contributed by atoms with van der Waals surface area (Å²) in [6.07, 6.45) is 1.11. The average Bonchev–Trinajstić information content (AvgIpc) is 1.84. The van der Waals surface area contributed by atoms with E-state index in [0.717, 1.165) is 5.57 Å². The smallest absolute Gasteiger partial charge is 0.0978 e. The van der Waals surface area contributed by atoms with Crippen LogP contribution in [0.3, 0.4) is 0 Å². The van der Waals surface area contributed by atoms with Gasteiger partial charge in [-0.1, -0.05) is 6.08 Å². The molecule has 0 unspecified atom stereocenters. The number of aliphatic hydroxyl groups is 2. The molecule has 0 aliphatic carbocycles. The van der Waals surface area contributed by atoms with Crippen molar-refractivity contribution in [2.75, 3.05) is 6.61 Å². The monoisotopic (exact) mass is 116 g/mol. The summed E-state index contributed by atoms with van der Waals surface area (Å²) in [5.41, 5.74) is 0.813. The molecule has 1 atom stereocenters. The highest BCUT2D eigenvalue weighted by atomic mass is 16.3. The normalized spacial score (nSPS) is 16.2. The minimum absolute atomic E-state index is 0.184. The van der Waals surface area contributed by atoms with Gasteiger partial charge in [0.2, 0.25) is 0 Å². The first-order valence-corrected chi connectivity index (χ1v) is 2.64. The fourth-order valence-corrected chi connectivity index (χ4v) is 0.336. The minimum atomic E-state index is -0.667. The molecule has 0 aliphatic heterocycles. The lowest BCUT2D eigenvalue weighted by Crippen LogP contribution is -2.12. The molecule has 0 aliphatic rings. The Morgan fingerprint density at radius 2 is 2.25 bits per heavy atom. The van der Waals surface area contributed by atoms with Crippen molar-refractivity contribution in [2.45, 2.75) is 20.0 Å². The maximum Gasteiger partial charge on any atom is 0.0978 e. The number of hydrogen-bond donors (Lipinski definition) is 2. The Labute approximate surface area is 49.5 Å². The molecule has 0 aromatic carbocycles. The van der Waals surface area contributed by atoms with E-state index in [9.17, 15) is 0 Å². The molecule has 0 saturated carbocycles. The van der Waals surface area contributed by atoms with E-state index in [2.05, 4.69) is 0 Å². The molecule has 0 spiro atoms. The first-order chi connectivity index (χ1) is 3.72. The molecule has 0 fully saturated rings. The van der Waals surface area contributed by atoms with Crippen LogP contribution in [-0.2, 0) is 0 Å². The molecule has 0 aromatic rings. The predicted octanol–water partition coefficient (Wildman–Crippen LogP) is 0.306. The van der Waals surface area contributed by atoms with Crippen LogP contribution in [0.2, 0.25) is 0 Å². The predicted molar refractivity (Wildman–Crippen MR) is 32.5 cm³/mol. The number of aliphatic hydroxyl groups excluding tert-OH is 2. The van der Waals surface area contributed by atoms with Gasteiger partial charge in [0.15, 0.2) is 0 Å². The van der Waals surface area contributed by atoms with Crippen LogP contribution in [-0.4, -0.2) is 22.9 Å². The van der Waals surface area contributed by atoms with Crippen LogP contribution >= 0.6 is 0 Å². The van der Waals surface area contributed by atoms with Gasteiger partial charge in [-0.2, -0.15) is 0 Å². The highest BCUT2D eigenvalue weighted by Gasteiger charge is 2.00. The number of allylic oxidation sites excluding steroid dienone is 1. The Hall–Kier alpha value is -0.340. The topological polar surface area (TPSA) is 40.5 Å². The second-order valence-electron chi connectivity index (χ2n) is 1.73. The number of hydrogen-bond acceptors (Lipinski definition) is 2. The molecule has 0 radical (unpaired) electrons. The zero-order valence-electron chi connectivity index (χ0n) is 5.26. The van der Waals surface area contributed by atoms with Gasteiger partial charge in [-0.15, -0.1) is 0 Å². The standard InChI is InChI=1S/C6H12O2/c1-3-5(2)6(8)4-7/h3,6-8H,4H2,1-2H3/b5-3-/t6-/m0/s1. The van der Waals surface area contributed by atoms with E-state index in [1.165, 1.54) is 0 Å². The zero-order chi connectivity index (χ0) is 6.57. The quantitative estimate of drug-likeness (QED) is 0.509. The van der Waals surface area contributed by atoms with Crippen molar-refractivity contribution >= 4 is 0 Å². The Morgan fingerprint density at radius 3 is 2.38 bits per heavy atom. The Morgan fingerprint density at radius 1 is 1.75 bits per heavy atom. The molecular formula is C6H12O2. The van der Waals surface area contributed by atoms with Crippen LogP contribution in [0.15, 0.2) is 11.6 Å². The molecule has 48 valence electrons. The molecule has 8 heavy (non-hydrogen) atoms. The van der Waals surface area contributed by atoms with Crippen molar-refractivity contribution in [1.82, 2.24) is 0 Å². The highest BCUT2D eigenvalue weighted by Crippen LogP contribution is 1.97. The Balaban J connectivity index is 3.63. The van der Waals surface area contributed by atoms with E-state index in [1.807, 2.05) is 6.92 Å². The van der Waals surface area contributed by atoms with Crippen LogP contribution in [0.4, 0.5) is 0 Å². The van der Waals surface area contributed by atoms with E-state index in [-0.39, 0.29) is 6.61 Å². The minimum Gasteiger partial charge on any atom is -0.393 e. The molecule has 0 rings (SSSR count). The van der Waals surface area contributed by atoms with Crippen molar-refractivity contribution in [2.24, 2.45) is 0 Å². The van der Waals surface area contributed by atoms with Crippen LogP contribution < -0.4 is 0 Å². The lowest BCUT2D eigenvalue weighted by atomic mass is 10.2. The third-order valence-electron chi connectivity index (χ3n) is 1.15. The Kier molecular flexibility index (Phi) is 3.48. The summed E-state index contributed by atoms with van der Waals surface area (Å²) >= 11 is 0. The SMILES string of the molecule is C/C=C(/C)[C@@H](O)CO. The lowest BCUT2D eigenvalue weighted by molar-refractivity contribution is 0.122. The van der Waals surface area contributed by atoms with Gasteiger partial charge in [-0.05, 0) is 19.4 Å². The summed E-state index contributed by atoms with van der Waals surface area (Å²) in [4.78, 5) is 0. The van der Waals surface area contributed by atoms with Gasteiger partial charge in [0.05, 0.1) is 12.7 Å². The van der Waals surface area contributed by atoms with Gasteiger partial charge in [0.25, 0.3) is 0 Å². The van der Waals surface area contributed by atoms with E-state index >= 15 is 0 Å². The second kappa shape index (κ2) is 3.64. The third kappa shape index (κ3) is 2.09. The zero-order valence-corrected chi connectivity index (χ0v) is 5.26. The second-order valence-corrected chi connectivity index (χ2v) is 1.73. The fraction of sp³-hybridized carbons (Fsp3) is 0.667. The van der Waals surface area contributed by atoms with Crippen molar-refractivity contribution in [3.63, 3.8) is 0 Å². The first-order valence-electron chi connectivity index (χ1n) is 2.64. The largest absolute Gasteiger partial charge is 0.393 e. The van der Waals surface area contributed by atoms with E-state index in [4.69, 9.17) is 10.2 Å². The summed E-state index contributed by atoms with van der Waals surface area (Å²) in [6, 6.07) is 0. The fourth-order valence-electron chi connectivity index (χ4n) is 0.336. The highest BCUT2D eigenvalue weighted by molar-refractivity contribution is 5.01. The summed E-state index contributed by atoms with van der Waals surface area (Å²) in [7, 11) is 0. The molecule has 0 amide bonds. The van der Waals surface area contributed by atoms with Crippen LogP contribution in [0.1, 0.15) is 13.8 Å². The maximum atomic E-state index is 8.81. The summed E-state index contributed by atoms with van der Waals surface area (Å²) < 4.78 is 0. The summed E-state index contributed by atoms with van der Waals surface area (Å²) in [6.45, 7) is 3.42. The van der Waals surface area contributed by atoms with Crippen molar-refractivity contribution < 1.29 is 10.2 Å². The molecule has 2 nitrogen and oxygen atoms in total. The maximum absolute atomic E-state index is 8.81. The molecule has 0 aromatic heterocycles. The van der Waals surface area contributed by atoms with Crippen LogP contribution in [0, 0.1) is 0 Å². The molecule has 2 heteroatoms. The van der Waals surface area contributed by atoms with Crippen molar-refractivity contribution in [1.29, 1.82) is 0 Å². The lowest BCUT2D eigenvalue weighted by Gasteiger charge is -2.04. The van der Waals surface area contributed by atoms with Gasteiger partial charge in [-0.25, -0.2) is 0 Å². The van der Waals surface area contributed by atoms with Crippen LogP contribution in [0.25, 0.3) is 0 Å².